The molecule has 0 atom stereocenters. The van der Waals surface area contributed by atoms with Crippen molar-refractivity contribution in [2.45, 2.75) is 6.54 Å². The Labute approximate surface area is 123 Å². The minimum atomic E-state index is 0.491. The molecule has 0 radical (unpaired) electrons. The van der Waals surface area contributed by atoms with Crippen molar-refractivity contribution in [1.29, 1.82) is 0 Å². The molecule has 1 aliphatic rings. The van der Waals surface area contributed by atoms with E-state index in [0.29, 0.717) is 25.7 Å². The molecule has 0 spiro atoms. The summed E-state index contributed by atoms with van der Waals surface area (Å²) >= 11 is 0. The van der Waals surface area contributed by atoms with Gasteiger partial charge in [-0.1, -0.05) is 6.07 Å². The molecular formula is C14H18N6O. The highest BCUT2D eigenvalue weighted by Gasteiger charge is 2.12. The number of hydrogen-bond acceptors (Lipinski definition) is 4. The van der Waals surface area contributed by atoms with E-state index in [1.165, 1.54) is 0 Å². The van der Waals surface area contributed by atoms with Crippen LogP contribution in [0.1, 0.15) is 5.56 Å². The molecule has 0 bridgehead atoms. The molecule has 0 unspecified atom stereocenters. The van der Waals surface area contributed by atoms with Gasteiger partial charge in [0.15, 0.2) is 5.96 Å². The summed E-state index contributed by atoms with van der Waals surface area (Å²) in [5.74, 6) is 1.38. The van der Waals surface area contributed by atoms with Gasteiger partial charge in [0.1, 0.15) is 12.1 Å². The fraction of sp³-hybridized carbons (Fsp3) is 0.357. The van der Waals surface area contributed by atoms with Gasteiger partial charge in [0.05, 0.1) is 19.8 Å². The molecule has 0 aliphatic carbocycles. The van der Waals surface area contributed by atoms with Gasteiger partial charge in [-0.05, 0) is 6.07 Å². The zero-order valence-electron chi connectivity index (χ0n) is 11.7. The zero-order valence-corrected chi connectivity index (χ0v) is 11.7. The highest BCUT2D eigenvalue weighted by atomic mass is 16.5. The van der Waals surface area contributed by atoms with Crippen LogP contribution in [-0.2, 0) is 11.3 Å². The normalized spacial score (nSPS) is 16.2. The number of hydrogen-bond donors (Lipinski definition) is 1. The Bertz CT molecular complexity index is 604. The topological polar surface area (TPSA) is 81.6 Å². The van der Waals surface area contributed by atoms with E-state index in [-0.39, 0.29) is 0 Å². The summed E-state index contributed by atoms with van der Waals surface area (Å²) in [6.45, 7) is 3.46. The van der Waals surface area contributed by atoms with Gasteiger partial charge in [-0.3, -0.25) is 4.57 Å². The third-order valence-corrected chi connectivity index (χ3v) is 3.36. The Kier molecular flexibility index (Phi) is 4.11. The van der Waals surface area contributed by atoms with Gasteiger partial charge in [-0.2, -0.15) is 0 Å². The van der Waals surface area contributed by atoms with Crippen LogP contribution in [0, 0.1) is 0 Å². The number of morpholine rings is 1. The summed E-state index contributed by atoms with van der Waals surface area (Å²) in [5, 5.41) is 0. The van der Waals surface area contributed by atoms with E-state index in [0.717, 1.165) is 24.5 Å². The van der Waals surface area contributed by atoms with Crippen LogP contribution in [0.5, 0.6) is 0 Å². The number of ether oxygens (including phenoxy) is 1. The van der Waals surface area contributed by atoms with Crippen molar-refractivity contribution in [3.63, 3.8) is 0 Å². The molecule has 21 heavy (non-hydrogen) atoms. The van der Waals surface area contributed by atoms with Crippen molar-refractivity contribution in [1.82, 2.24) is 19.4 Å². The van der Waals surface area contributed by atoms with Gasteiger partial charge >= 0.3 is 0 Å². The number of aliphatic imine (C=N–C) groups is 1. The Morgan fingerprint density at radius 1 is 1.33 bits per heavy atom. The Hall–Kier alpha value is -2.41. The lowest BCUT2D eigenvalue weighted by Gasteiger charge is -2.27. The fourth-order valence-corrected chi connectivity index (χ4v) is 2.23. The van der Waals surface area contributed by atoms with Crippen molar-refractivity contribution in [2.75, 3.05) is 26.3 Å². The van der Waals surface area contributed by atoms with E-state index in [9.17, 15) is 0 Å². The number of pyridine rings is 1. The van der Waals surface area contributed by atoms with E-state index < -0.39 is 0 Å². The van der Waals surface area contributed by atoms with Gasteiger partial charge in [-0.15, -0.1) is 0 Å². The molecule has 1 saturated heterocycles. The molecule has 0 saturated carbocycles. The van der Waals surface area contributed by atoms with Gasteiger partial charge in [0.2, 0.25) is 0 Å². The smallest absolute Gasteiger partial charge is 0.191 e. The quantitative estimate of drug-likeness (QED) is 0.653. The number of imidazole rings is 1. The number of aromatic nitrogens is 3. The van der Waals surface area contributed by atoms with Gasteiger partial charge in [0, 0.05) is 37.2 Å². The van der Waals surface area contributed by atoms with E-state index in [1.54, 1.807) is 18.7 Å². The summed E-state index contributed by atoms with van der Waals surface area (Å²) in [5.41, 5.74) is 7.05. The molecule has 2 N–H and O–H groups in total. The molecule has 1 fully saturated rings. The SMILES string of the molecule is NC(=NCc1cccnc1-n1ccnc1)N1CCOCC1. The van der Waals surface area contributed by atoms with Crippen LogP contribution in [0.3, 0.4) is 0 Å². The highest BCUT2D eigenvalue weighted by Crippen LogP contribution is 2.12. The lowest BCUT2D eigenvalue weighted by atomic mass is 10.2. The predicted molar refractivity (Wildman–Crippen MR) is 79.1 cm³/mol. The molecule has 0 aromatic carbocycles. The fourth-order valence-electron chi connectivity index (χ4n) is 2.23. The molecule has 3 rings (SSSR count). The molecule has 7 heteroatoms. The Morgan fingerprint density at radius 3 is 2.95 bits per heavy atom. The second-order valence-electron chi connectivity index (χ2n) is 4.73. The lowest BCUT2D eigenvalue weighted by molar-refractivity contribution is 0.0674. The summed E-state index contributed by atoms with van der Waals surface area (Å²) in [6.07, 6.45) is 7.07. The molecule has 110 valence electrons. The van der Waals surface area contributed by atoms with Crippen molar-refractivity contribution >= 4 is 5.96 Å². The van der Waals surface area contributed by atoms with Gasteiger partial charge in [-0.25, -0.2) is 15.0 Å². The van der Waals surface area contributed by atoms with E-state index >= 15 is 0 Å². The molecular weight excluding hydrogens is 268 g/mol. The summed E-state index contributed by atoms with van der Waals surface area (Å²) < 4.78 is 7.18. The first-order valence-electron chi connectivity index (χ1n) is 6.89. The largest absolute Gasteiger partial charge is 0.378 e. The predicted octanol–water partition coefficient (Wildman–Crippen LogP) is 0.414. The number of nitrogens with two attached hydrogens (primary N) is 1. The Balaban J connectivity index is 1.76. The molecule has 0 amide bonds. The third kappa shape index (κ3) is 3.19. The first-order chi connectivity index (χ1) is 10.3. The first kappa shape index (κ1) is 13.6. The van der Waals surface area contributed by atoms with Crippen LogP contribution >= 0.6 is 0 Å². The van der Waals surface area contributed by atoms with Crippen LogP contribution in [0.4, 0.5) is 0 Å². The van der Waals surface area contributed by atoms with Crippen molar-refractivity contribution < 1.29 is 4.74 Å². The second kappa shape index (κ2) is 6.36. The minimum Gasteiger partial charge on any atom is -0.378 e. The lowest BCUT2D eigenvalue weighted by Crippen LogP contribution is -2.44. The average Bonchev–Trinajstić information content (AvgIpc) is 3.08. The van der Waals surface area contributed by atoms with Crippen LogP contribution in [0.15, 0.2) is 42.0 Å². The maximum atomic E-state index is 6.05. The monoisotopic (exact) mass is 286 g/mol. The van der Waals surface area contributed by atoms with Crippen LogP contribution in [-0.4, -0.2) is 51.7 Å². The zero-order chi connectivity index (χ0) is 14.5. The average molecular weight is 286 g/mol. The standard InChI is InChI=1S/C14H18N6O/c15-14(19-6-8-21-9-7-19)18-10-12-2-1-3-17-13(12)20-5-4-16-11-20/h1-5,11H,6-10H2,(H2,15,18). The number of guanidine groups is 1. The van der Waals surface area contributed by atoms with E-state index in [2.05, 4.69) is 15.0 Å². The van der Waals surface area contributed by atoms with Crippen molar-refractivity contribution in [3.05, 3.63) is 42.6 Å². The van der Waals surface area contributed by atoms with Crippen molar-refractivity contribution in [3.8, 4) is 5.82 Å². The minimum absolute atomic E-state index is 0.491. The maximum Gasteiger partial charge on any atom is 0.191 e. The summed E-state index contributed by atoms with van der Waals surface area (Å²) in [6, 6.07) is 3.90. The van der Waals surface area contributed by atoms with Crippen LogP contribution in [0.25, 0.3) is 5.82 Å². The summed E-state index contributed by atoms with van der Waals surface area (Å²) in [7, 11) is 0. The van der Waals surface area contributed by atoms with Crippen LogP contribution in [0.2, 0.25) is 0 Å². The van der Waals surface area contributed by atoms with Gasteiger partial charge < -0.3 is 15.4 Å². The molecule has 2 aromatic rings. The molecule has 1 aliphatic heterocycles. The highest BCUT2D eigenvalue weighted by molar-refractivity contribution is 5.78. The molecule has 2 aromatic heterocycles. The summed E-state index contributed by atoms with van der Waals surface area (Å²) in [4.78, 5) is 15.0. The van der Waals surface area contributed by atoms with Gasteiger partial charge in [0.25, 0.3) is 0 Å². The third-order valence-electron chi connectivity index (χ3n) is 3.36. The maximum absolute atomic E-state index is 6.05. The number of nitrogens with zero attached hydrogens (tertiary/aromatic N) is 5. The molecule has 3 heterocycles. The van der Waals surface area contributed by atoms with E-state index in [4.69, 9.17) is 10.5 Å². The van der Waals surface area contributed by atoms with E-state index in [1.807, 2.05) is 27.8 Å². The second-order valence-corrected chi connectivity index (χ2v) is 4.73. The first-order valence-corrected chi connectivity index (χ1v) is 6.89. The van der Waals surface area contributed by atoms with Crippen molar-refractivity contribution in [2.24, 2.45) is 10.7 Å². The van der Waals surface area contributed by atoms with Crippen LogP contribution < -0.4 is 5.73 Å². The molecule has 7 nitrogen and oxygen atoms in total. The number of rotatable bonds is 3. The Morgan fingerprint density at radius 2 is 2.19 bits per heavy atom.